The molecule has 8 nitrogen and oxygen atoms in total. The number of carbonyl (C=O) groups is 2. The summed E-state index contributed by atoms with van der Waals surface area (Å²) in [4.78, 5) is 23.6. The van der Waals surface area contributed by atoms with E-state index in [9.17, 15) is 9.59 Å². The molecule has 1 heterocycles. The second kappa shape index (κ2) is 11.2. The van der Waals surface area contributed by atoms with E-state index in [-0.39, 0.29) is 18.2 Å². The van der Waals surface area contributed by atoms with Crippen LogP contribution < -0.4 is 20.2 Å². The summed E-state index contributed by atoms with van der Waals surface area (Å²) >= 11 is 12.5. The topological polar surface area (TPSA) is 102 Å². The molecule has 2 amide bonds. The second-order valence-corrected chi connectivity index (χ2v) is 7.19. The number of halogens is 2. The normalized spacial score (nSPS) is 10.7. The first kappa shape index (κ1) is 23.2. The molecule has 0 saturated carbocycles. The molecule has 3 aromatic rings. The van der Waals surface area contributed by atoms with Gasteiger partial charge in [-0.15, -0.1) is 0 Å². The third kappa shape index (κ3) is 6.26. The van der Waals surface area contributed by atoms with Gasteiger partial charge in [0.1, 0.15) is 12.4 Å². The van der Waals surface area contributed by atoms with Gasteiger partial charge >= 0.3 is 11.8 Å². The van der Waals surface area contributed by atoms with Crippen LogP contribution in [0.15, 0.2) is 64.3 Å². The van der Waals surface area contributed by atoms with Crippen molar-refractivity contribution in [3.63, 3.8) is 0 Å². The van der Waals surface area contributed by atoms with Gasteiger partial charge in [0.25, 0.3) is 0 Å². The molecule has 10 heteroatoms. The van der Waals surface area contributed by atoms with Crippen molar-refractivity contribution in [3.05, 3.63) is 81.7 Å². The van der Waals surface area contributed by atoms with Crippen molar-refractivity contribution in [2.24, 2.45) is 5.10 Å². The van der Waals surface area contributed by atoms with Gasteiger partial charge in [-0.1, -0.05) is 41.4 Å². The Labute approximate surface area is 194 Å². The largest absolute Gasteiger partial charge is 0.493 e. The molecule has 0 aliphatic rings. The van der Waals surface area contributed by atoms with Crippen molar-refractivity contribution in [1.29, 1.82) is 0 Å². The van der Waals surface area contributed by atoms with E-state index >= 15 is 0 Å². The van der Waals surface area contributed by atoms with E-state index in [1.165, 1.54) is 19.6 Å². The van der Waals surface area contributed by atoms with E-state index in [1.807, 2.05) is 18.2 Å². The number of ether oxygens (including phenoxy) is 2. The van der Waals surface area contributed by atoms with E-state index in [0.29, 0.717) is 27.8 Å². The van der Waals surface area contributed by atoms with Crippen molar-refractivity contribution in [2.45, 2.75) is 13.2 Å². The molecule has 0 fully saturated rings. The molecule has 2 N–H and O–H groups in total. The number of benzene rings is 2. The van der Waals surface area contributed by atoms with Crippen molar-refractivity contribution < 1.29 is 23.5 Å². The molecule has 0 bridgehead atoms. The predicted octanol–water partition coefficient (Wildman–Crippen LogP) is 3.94. The summed E-state index contributed by atoms with van der Waals surface area (Å²) in [5, 5.41) is 7.05. The number of hydrazone groups is 1. The van der Waals surface area contributed by atoms with Crippen LogP contribution >= 0.6 is 23.2 Å². The van der Waals surface area contributed by atoms with Crippen LogP contribution in [0.5, 0.6) is 11.5 Å². The van der Waals surface area contributed by atoms with E-state index in [2.05, 4.69) is 15.8 Å². The average Bonchev–Trinajstić information content (AvgIpc) is 3.31. The van der Waals surface area contributed by atoms with E-state index in [1.54, 1.807) is 30.3 Å². The molecule has 2 aromatic carbocycles. The summed E-state index contributed by atoms with van der Waals surface area (Å²) in [5.74, 6) is -0.544. The van der Waals surface area contributed by atoms with E-state index in [0.717, 1.165) is 5.56 Å². The zero-order chi connectivity index (χ0) is 22.9. The van der Waals surface area contributed by atoms with Crippen LogP contribution in [0.25, 0.3) is 0 Å². The smallest absolute Gasteiger partial charge is 0.329 e. The van der Waals surface area contributed by atoms with Crippen molar-refractivity contribution in [1.82, 2.24) is 10.7 Å². The molecular formula is C22H19Cl2N3O5. The summed E-state index contributed by atoms with van der Waals surface area (Å²) in [6.45, 7) is 0.289. The van der Waals surface area contributed by atoms with E-state index in [4.69, 9.17) is 37.1 Å². The first-order valence-electron chi connectivity index (χ1n) is 9.35. The number of hydrogen-bond donors (Lipinski definition) is 2. The predicted molar refractivity (Wildman–Crippen MR) is 120 cm³/mol. The Morgan fingerprint density at radius 1 is 1.09 bits per heavy atom. The molecular weight excluding hydrogens is 457 g/mol. The number of nitrogens with one attached hydrogen (secondary N) is 2. The minimum absolute atomic E-state index is 0.0887. The Hall–Kier alpha value is -3.49. The quantitative estimate of drug-likeness (QED) is 0.291. The average molecular weight is 476 g/mol. The van der Waals surface area contributed by atoms with Crippen molar-refractivity contribution >= 4 is 41.2 Å². The zero-order valence-electron chi connectivity index (χ0n) is 16.9. The summed E-state index contributed by atoms with van der Waals surface area (Å²) in [7, 11) is 1.47. The van der Waals surface area contributed by atoms with Gasteiger partial charge in [-0.25, -0.2) is 5.43 Å². The fraction of sp³-hybridized carbons (Fsp3) is 0.136. The van der Waals surface area contributed by atoms with Gasteiger partial charge in [0.05, 0.1) is 31.2 Å². The molecule has 0 spiro atoms. The maximum atomic E-state index is 11.8. The Morgan fingerprint density at radius 3 is 2.62 bits per heavy atom. The highest BCUT2D eigenvalue weighted by atomic mass is 35.5. The molecule has 0 unspecified atom stereocenters. The molecule has 0 atom stereocenters. The molecule has 1 aromatic heterocycles. The number of hydrogen-bond acceptors (Lipinski definition) is 6. The Morgan fingerprint density at radius 2 is 1.91 bits per heavy atom. The lowest BCUT2D eigenvalue weighted by molar-refractivity contribution is -0.139. The highest BCUT2D eigenvalue weighted by Gasteiger charge is 2.14. The van der Waals surface area contributed by atoms with Gasteiger partial charge < -0.3 is 19.2 Å². The summed E-state index contributed by atoms with van der Waals surface area (Å²) in [6.07, 6.45) is 2.79. The van der Waals surface area contributed by atoms with Crippen LogP contribution in [0.1, 0.15) is 16.9 Å². The molecule has 0 saturated heterocycles. The second-order valence-electron chi connectivity index (χ2n) is 6.38. The first-order valence-corrected chi connectivity index (χ1v) is 10.1. The van der Waals surface area contributed by atoms with Gasteiger partial charge in [-0.05, 0) is 35.9 Å². The minimum atomic E-state index is -0.925. The minimum Gasteiger partial charge on any atom is -0.493 e. The number of nitrogens with zero attached hydrogens (tertiary/aromatic N) is 1. The van der Waals surface area contributed by atoms with Gasteiger partial charge in [0.15, 0.2) is 11.5 Å². The maximum Gasteiger partial charge on any atom is 0.329 e. The van der Waals surface area contributed by atoms with Crippen molar-refractivity contribution in [3.8, 4) is 11.5 Å². The standard InChI is InChI=1S/C22H19Cl2N3O5/c1-30-19-10-14(9-18(24)20(19)32-13-15-5-2-3-7-17(15)23)11-26-27-22(29)21(28)25-12-16-6-4-8-31-16/h2-11H,12-13H2,1H3,(H,25,28)(H,27,29)/b26-11-. The van der Waals surface area contributed by atoms with Gasteiger partial charge in [0.2, 0.25) is 0 Å². The third-order valence-electron chi connectivity index (χ3n) is 4.17. The van der Waals surface area contributed by atoms with Crippen LogP contribution in [-0.4, -0.2) is 25.1 Å². The van der Waals surface area contributed by atoms with Gasteiger partial charge in [-0.2, -0.15) is 5.10 Å². The zero-order valence-corrected chi connectivity index (χ0v) is 18.4. The third-order valence-corrected chi connectivity index (χ3v) is 4.82. The molecule has 3 rings (SSSR count). The monoisotopic (exact) mass is 475 g/mol. The number of rotatable bonds is 8. The van der Waals surface area contributed by atoms with Gasteiger partial charge in [0, 0.05) is 10.6 Å². The molecule has 0 radical (unpaired) electrons. The molecule has 32 heavy (non-hydrogen) atoms. The van der Waals surface area contributed by atoms with Crippen LogP contribution in [0, 0.1) is 0 Å². The number of carbonyl (C=O) groups excluding carboxylic acids is 2. The lowest BCUT2D eigenvalue weighted by Gasteiger charge is -2.14. The van der Waals surface area contributed by atoms with Crippen molar-refractivity contribution in [2.75, 3.05) is 7.11 Å². The Bertz CT molecular complexity index is 1120. The van der Waals surface area contributed by atoms with Crippen LogP contribution in [0.3, 0.4) is 0 Å². The number of furan rings is 1. The fourth-order valence-electron chi connectivity index (χ4n) is 2.60. The summed E-state index contributed by atoms with van der Waals surface area (Å²) < 4.78 is 16.2. The van der Waals surface area contributed by atoms with Crippen LogP contribution in [-0.2, 0) is 22.7 Å². The van der Waals surface area contributed by atoms with Crippen LogP contribution in [0.2, 0.25) is 10.0 Å². The lowest BCUT2D eigenvalue weighted by atomic mass is 10.2. The first-order chi connectivity index (χ1) is 15.5. The Balaban J connectivity index is 1.59. The number of amides is 2. The lowest BCUT2D eigenvalue weighted by Crippen LogP contribution is -2.37. The SMILES string of the molecule is COc1cc(/C=N\NC(=O)C(=O)NCc2ccco2)cc(Cl)c1OCc1ccccc1Cl. The van der Waals surface area contributed by atoms with Gasteiger partial charge in [-0.3, -0.25) is 9.59 Å². The maximum absolute atomic E-state index is 11.8. The molecule has 0 aliphatic carbocycles. The highest BCUT2D eigenvalue weighted by Crippen LogP contribution is 2.37. The fourth-order valence-corrected chi connectivity index (χ4v) is 3.06. The highest BCUT2D eigenvalue weighted by molar-refractivity contribution is 6.35. The van der Waals surface area contributed by atoms with Crippen LogP contribution in [0.4, 0.5) is 0 Å². The molecule has 166 valence electrons. The number of methoxy groups -OCH3 is 1. The van der Waals surface area contributed by atoms with E-state index < -0.39 is 11.8 Å². The Kier molecular flexibility index (Phi) is 8.13. The molecule has 0 aliphatic heterocycles. The summed E-state index contributed by atoms with van der Waals surface area (Å²) in [6, 6.07) is 13.9. The summed E-state index contributed by atoms with van der Waals surface area (Å²) in [5.41, 5.74) is 3.46.